The first kappa shape index (κ1) is 17.2. The molecule has 0 aromatic carbocycles. The average molecular weight is 320 g/mol. The highest BCUT2D eigenvalue weighted by atomic mass is 32.2. The molecule has 1 aromatic rings. The molecular weight excluding hydrogens is 300 g/mol. The van der Waals surface area contributed by atoms with Crippen molar-refractivity contribution in [1.29, 1.82) is 0 Å². The molecule has 1 heterocycles. The largest absolute Gasteiger partial charge is 0.354 e. The number of anilines is 1. The van der Waals surface area contributed by atoms with Gasteiger partial charge in [-0.25, -0.2) is 4.79 Å². The smallest absolute Gasteiger partial charge is 0.323 e. The molecule has 0 saturated heterocycles. The number of ether oxygens (including phenoxy) is 2. The van der Waals surface area contributed by atoms with E-state index in [0.717, 1.165) is 10.8 Å². The van der Waals surface area contributed by atoms with Crippen molar-refractivity contribution in [3.63, 3.8) is 0 Å². The highest BCUT2D eigenvalue weighted by Crippen LogP contribution is 2.23. The van der Waals surface area contributed by atoms with Crippen molar-refractivity contribution in [2.24, 2.45) is 0 Å². The molecule has 2 amide bonds. The molecule has 114 valence electrons. The van der Waals surface area contributed by atoms with Gasteiger partial charge in [-0.1, -0.05) is 30.0 Å². The predicted molar refractivity (Wildman–Crippen MR) is 80.4 cm³/mol. The van der Waals surface area contributed by atoms with E-state index in [0.29, 0.717) is 18.2 Å². The zero-order chi connectivity index (χ0) is 15.0. The van der Waals surface area contributed by atoms with E-state index >= 15 is 0 Å². The minimum absolute atomic E-state index is 0.227. The Morgan fingerprint density at radius 3 is 2.65 bits per heavy atom. The number of hydrogen-bond acceptors (Lipinski definition) is 7. The van der Waals surface area contributed by atoms with Crippen molar-refractivity contribution in [1.82, 2.24) is 15.1 Å². The van der Waals surface area contributed by atoms with Crippen LogP contribution in [0.15, 0.2) is 4.34 Å². The van der Waals surface area contributed by atoms with Crippen molar-refractivity contribution in [3.8, 4) is 0 Å². The van der Waals surface area contributed by atoms with Crippen LogP contribution >= 0.6 is 23.1 Å². The molecule has 0 saturated carbocycles. The van der Waals surface area contributed by atoms with E-state index in [1.165, 1.54) is 23.1 Å². The molecule has 0 fully saturated rings. The molecule has 0 aliphatic heterocycles. The van der Waals surface area contributed by atoms with Crippen LogP contribution in [0.25, 0.3) is 0 Å². The third-order valence-electron chi connectivity index (χ3n) is 2.47. The maximum atomic E-state index is 12.2. The highest BCUT2D eigenvalue weighted by molar-refractivity contribution is 8.00. The molecule has 0 bridgehead atoms. The molecule has 20 heavy (non-hydrogen) atoms. The number of nitrogens with one attached hydrogen (secondary N) is 1. The minimum atomic E-state index is -0.441. The Labute approximate surface area is 127 Å². The fourth-order valence-corrected chi connectivity index (χ4v) is 2.64. The van der Waals surface area contributed by atoms with Crippen LogP contribution in [0.3, 0.4) is 0 Å². The zero-order valence-electron chi connectivity index (χ0n) is 12.1. The second-order valence-corrected chi connectivity index (χ2v) is 5.89. The summed E-state index contributed by atoms with van der Waals surface area (Å²) in [6.45, 7) is 2.98. The lowest BCUT2D eigenvalue weighted by atomic mass is 10.4. The van der Waals surface area contributed by atoms with Gasteiger partial charge in [0.2, 0.25) is 5.13 Å². The summed E-state index contributed by atoms with van der Waals surface area (Å²) in [4.78, 5) is 13.8. The number of amides is 2. The summed E-state index contributed by atoms with van der Waals surface area (Å²) >= 11 is 2.84. The normalized spacial score (nSPS) is 10.8. The summed E-state index contributed by atoms with van der Waals surface area (Å²) < 4.78 is 11.1. The second kappa shape index (κ2) is 9.11. The third kappa shape index (κ3) is 5.23. The van der Waals surface area contributed by atoms with Crippen LogP contribution in [-0.4, -0.2) is 61.0 Å². The summed E-state index contributed by atoms with van der Waals surface area (Å²) in [5.74, 6) is 0. The number of urea groups is 1. The monoisotopic (exact) mass is 320 g/mol. The maximum Gasteiger partial charge on any atom is 0.323 e. The fourth-order valence-electron chi connectivity index (χ4n) is 1.48. The van der Waals surface area contributed by atoms with E-state index < -0.39 is 6.29 Å². The number of thioether (sulfide) groups is 1. The zero-order valence-corrected chi connectivity index (χ0v) is 13.7. The second-order valence-electron chi connectivity index (χ2n) is 3.85. The molecule has 7 nitrogen and oxygen atoms in total. The van der Waals surface area contributed by atoms with Gasteiger partial charge in [0, 0.05) is 20.8 Å². The quantitative estimate of drug-likeness (QED) is 0.449. The standard InChI is InChI=1S/C11H20N4O3S2/c1-5-6-15(7-8(17-2)18-3)10(16)12-9-13-14-11(19-4)20-9/h8H,5-7H2,1-4H3,(H,12,13,16). The van der Waals surface area contributed by atoms with Gasteiger partial charge in [-0.3, -0.25) is 5.32 Å². The molecular formula is C11H20N4O3S2. The third-order valence-corrected chi connectivity index (χ3v) is 4.29. The van der Waals surface area contributed by atoms with Gasteiger partial charge in [0.05, 0.1) is 6.54 Å². The molecule has 0 spiro atoms. The van der Waals surface area contributed by atoms with Crippen LogP contribution in [-0.2, 0) is 9.47 Å². The first-order chi connectivity index (χ1) is 9.64. The van der Waals surface area contributed by atoms with Gasteiger partial charge >= 0.3 is 6.03 Å². The number of rotatable bonds is 8. The fraction of sp³-hybridized carbons (Fsp3) is 0.727. The maximum absolute atomic E-state index is 12.2. The first-order valence-electron chi connectivity index (χ1n) is 6.13. The van der Waals surface area contributed by atoms with Crippen LogP contribution in [0, 0.1) is 0 Å². The van der Waals surface area contributed by atoms with E-state index in [1.54, 1.807) is 19.1 Å². The van der Waals surface area contributed by atoms with Gasteiger partial charge in [0.1, 0.15) is 0 Å². The Hall–Kier alpha value is -0.900. The van der Waals surface area contributed by atoms with Crippen molar-refractivity contribution >= 4 is 34.3 Å². The van der Waals surface area contributed by atoms with Crippen LogP contribution in [0.1, 0.15) is 13.3 Å². The number of hydrogen-bond donors (Lipinski definition) is 1. The number of aromatic nitrogens is 2. The average Bonchev–Trinajstić information content (AvgIpc) is 2.91. The van der Waals surface area contributed by atoms with Crippen molar-refractivity contribution in [2.45, 2.75) is 24.0 Å². The highest BCUT2D eigenvalue weighted by Gasteiger charge is 2.19. The molecule has 0 aliphatic rings. The summed E-state index contributed by atoms with van der Waals surface area (Å²) in [6.07, 6.45) is 2.32. The molecule has 1 aromatic heterocycles. The molecule has 1 rings (SSSR count). The van der Waals surface area contributed by atoms with Crippen LogP contribution in [0.2, 0.25) is 0 Å². The van der Waals surface area contributed by atoms with E-state index in [1.807, 2.05) is 13.2 Å². The summed E-state index contributed by atoms with van der Waals surface area (Å²) in [5, 5.41) is 11.1. The SMILES string of the molecule is CCCN(CC(OC)OC)C(=O)Nc1nnc(SC)s1. The Kier molecular flexibility index (Phi) is 7.82. The van der Waals surface area contributed by atoms with E-state index in [-0.39, 0.29) is 6.03 Å². The Morgan fingerprint density at radius 2 is 2.15 bits per heavy atom. The van der Waals surface area contributed by atoms with Crippen molar-refractivity contribution in [2.75, 3.05) is 38.9 Å². The summed E-state index contributed by atoms with van der Waals surface area (Å²) in [6, 6.07) is -0.227. The summed E-state index contributed by atoms with van der Waals surface area (Å²) in [5.41, 5.74) is 0. The van der Waals surface area contributed by atoms with E-state index in [4.69, 9.17) is 9.47 Å². The minimum Gasteiger partial charge on any atom is -0.354 e. The first-order valence-corrected chi connectivity index (χ1v) is 8.17. The molecule has 9 heteroatoms. The molecule has 0 aliphatic carbocycles. The number of carbonyl (C=O) groups excluding carboxylic acids is 1. The van der Waals surface area contributed by atoms with Crippen molar-refractivity contribution in [3.05, 3.63) is 0 Å². The van der Waals surface area contributed by atoms with Crippen LogP contribution < -0.4 is 5.32 Å². The molecule has 1 N–H and O–H groups in total. The topological polar surface area (TPSA) is 76.6 Å². The lowest BCUT2D eigenvalue weighted by Gasteiger charge is -2.25. The number of carbonyl (C=O) groups is 1. The Bertz CT molecular complexity index is 412. The predicted octanol–water partition coefficient (Wildman–Crippen LogP) is 2.12. The Morgan fingerprint density at radius 1 is 1.45 bits per heavy atom. The van der Waals surface area contributed by atoms with Gasteiger partial charge < -0.3 is 14.4 Å². The Balaban J connectivity index is 2.63. The lowest BCUT2D eigenvalue weighted by molar-refractivity contribution is -0.110. The molecule has 0 atom stereocenters. The van der Waals surface area contributed by atoms with Gasteiger partial charge in [0.15, 0.2) is 10.6 Å². The summed E-state index contributed by atoms with van der Waals surface area (Å²) in [7, 11) is 3.09. The lowest BCUT2D eigenvalue weighted by Crippen LogP contribution is -2.41. The number of nitrogens with zero attached hydrogens (tertiary/aromatic N) is 3. The van der Waals surface area contributed by atoms with Crippen LogP contribution in [0.5, 0.6) is 0 Å². The van der Waals surface area contributed by atoms with Crippen LogP contribution in [0.4, 0.5) is 9.93 Å². The number of methoxy groups -OCH3 is 2. The molecule has 0 radical (unpaired) electrons. The van der Waals surface area contributed by atoms with Gasteiger partial charge in [-0.05, 0) is 12.7 Å². The van der Waals surface area contributed by atoms with Crippen molar-refractivity contribution < 1.29 is 14.3 Å². The van der Waals surface area contributed by atoms with E-state index in [2.05, 4.69) is 15.5 Å². The molecule has 0 unspecified atom stereocenters. The van der Waals surface area contributed by atoms with E-state index in [9.17, 15) is 4.79 Å². The van der Waals surface area contributed by atoms with Gasteiger partial charge in [-0.15, -0.1) is 10.2 Å². The van der Waals surface area contributed by atoms with Gasteiger partial charge in [0.25, 0.3) is 0 Å². The van der Waals surface area contributed by atoms with Gasteiger partial charge in [-0.2, -0.15) is 0 Å².